The van der Waals surface area contributed by atoms with E-state index in [-0.39, 0.29) is 12.5 Å². The monoisotopic (exact) mass is 263 g/mol. The molecule has 1 aliphatic heterocycles. The summed E-state index contributed by atoms with van der Waals surface area (Å²) in [6.07, 6.45) is 8.03. The van der Waals surface area contributed by atoms with E-state index in [9.17, 15) is 4.79 Å². The van der Waals surface area contributed by atoms with Crippen molar-refractivity contribution in [2.45, 2.75) is 19.3 Å². The third-order valence-corrected chi connectivity index (χ3v) is 3.62. The number of piperidine rings is 1. The molecule has 2 rings (SSSR count). The van der Waals surface area contributed by atoms with Gasteiger partial charge in [-0.25, -0.2) is 0 Å². The average molecular weight is 263 g/mol. The Hall–Kier alpha value is -1.62. The second-order valence-electron chi connectivity index (χ2n) is 5.02. The third-order valence-electron chi connectivity index (χ3n) is 3.62. The Morgan fingerprint density at radius 2 is 2.47 bits per heavy atom. The molecule has 0 aliphatic carbocycles. The molecule has 1 N–H and O–H groups in total. The van der Waals surface area contributed by atoms with Gasteiger partial charge in [0.1, 0.15) is 0 Å². The van der Waals surface area contributed by atoms with Crippen LogP contribution < -0.4 is 0 Å². The number of amides is 1. The van der Waals surface area contributed by atoms with Gasteiger partial charge in [-0.05, 0) is 37.3 Å². The van der Waals surface area contributed by atoms with E-state index in [4.69, 9.17) is 5.11 Å². The summed E-state index contributed by atoms with van der Waals surface area (Å²) in [6.45, 7) is 1.78. The highest BCUT2D eigenvalue weighted by molar-refractivity contribution is 5.91. The topological polar surface area (TPSA) is 58.4 Å². The fraction of sp³-hybridized carbons (Fsp3) is 0.571. The summed E-state index contributed by atoms with van der Waals surface area (Å²) in [4.78, 5) is 14.0. The molecule has 0 aromatic carbocycles. The molecule has 0 bridgehead atoms. The fourth-order valence-corrected chi connectivity index (χ4v) is 2.49. The molecule has 1 aromatic heterocycles. The van der Waals surface area contributed by atoms with Crippen LogP contribution in [0.5, 0.6) is 0 Å². The second kappa shape index (κ2) is 6.52. The van der Waals surface area contributed by atoms with Gasteiger partial charge >= 0.3 is 0 Å². The average Bonchev–Trinajstić information content (AvgIpc) is 2.82. The maximum Gasteiger partial charge on any atom is 0.246 e. The smallest absolute Gasteiger partial charge is 0.246 e. The molecular formula is C14H21N3O2. The van der Waals surface area contributed by atoms with Crippen LogP contribution in [0.1, 0.15) is 25.0 Å². The largest absolute Gasteiger partial charge is 0.396 e. The molecule has 5 nitrogen and oxygen atoms in total. The summed E-state index contributed by atoms with van der Waals surface area (Å²) in [7, 11) is 1.85. The Kier molecular flexibility index (Phi) is 4.74. The molecule has 1 aromatic rings. The lowest BCUT2D eigenvalue weighted by molar-refractivity contribution is -0.127. The molecule has 0 radical (unpaired) electrons. The van der Waals surface area contributed by atoms with Crippen LogP contribution in [-0.2, 0) is 11.8 Å². The van der Waals surface area contributed by atoms with E-state index in [1.54, 1.807) is 23.0 Å². The lowest BCUT2D eigenvalue weighted by Crippen LogP contribution is -2.39. The number of aromatic nitrogens is 2. The first-order valence-electron chi connectivity index (χ1n) is 6.76. The van der Waals surface area contributed by atoms with Gasteiger partial charge in [0, 0.05) is 39.0 Å². The number of hydrogen-bond acceptors (Lipinski definition) is 3. The van der Waals surface area contributed by atoms with Gasteiger partial charge in [0.2, 0.25) is 5.91 Å². The molecule has 1 amide bonds. The molecule has 104 valence electrons. The van der Waals surface area contributed by atoms with Crippen LogP contribution in [0.3, 0.4) is 0 Å². The van der Waals surface area contributed by atoms with Crippen LogP contribution in [0.4, 0.5) is 0 Å². The highest BCUT2D eigenvalue weighted by Crippen LogP contribution is 2.19. The zero-order chi connectivity index (χ0) is 13.7. The van der Waals surface area contributed by atoms with Gasteiger partial charge in [0.05, 0.1) is 5.69 Å². The summed E-state index contributed by atoms with van der Waals surface area (Å²) >= 11 is 0. The van der Waals surface area contributed by atoms with Gasteiger partial charge in [0.15, 0.2) is 0 Å². The molecule has 0 spiro atoms. The van der Waals surface area contributed by atoms with Crippen molar-refractivity contribution in [3.05, 3.63) is 24.0 Å². The Balaban J connectivity index is 1.92. The van der Waals surface area contributed by atoms with Crippen molar-refractivity contribution in [3.8, 4) is 0 Å². The van der Waals surface area contributed by atoms with E-state index in [0.29, 0.717) is 5.92 Å². The molecule has 1 saturated heterocycles. The van der Waals surface area contributed by atoms with Crippen LogP contribution in [0.25, 0.3) is 6.08 Å². The molecule has 1 aliphatic rings. The number of hydrogen-bond donors (Lipinski definition) is 1. The predicted molar refractivity (Wildman–Crippen MR) is 73.2 cm³/mol. The van der Waals surface area contributed by atoms with Crippen LogP contribution in [0.15, 0.2) is 18.3 Å². The Bertz CT molecular complexity index is 451. The third kappa shape index (κ3) is 3.67. The maximum absolute atomic E-state index is 12.1. The number of nitrogens with zero attached hydrogens (tertiary/aromatic N) is 3. The quantitative estimate of drug-likeness (QED) is 0.826. The number of aryl methyl sites for hydroxylation is 1. The lowest BCUT2D eigenvalue weighted by atomic mass is 9.95. The first kappa shape index (κ1) is 13.8. The summed E-state index contributed by atoms with van der Waals surface area (Å²) in [5.41, 5.74) is 0.914. The second-order valence-corrected chi connectivity index (χ2v) is 5.02. The van der Waals surface area contributed by atoms with Gasteiger partial charge in [-0.1, -0.05) is 0 Å². The van der Waals surface area contributed by atoms with Crippen molar-refractivity contribution >= 4 is 12.0 Å². The normalized spacial score (nSPS) is 20.1. The SMILES string of the molecule is Cn1nccc1C=CC(=O)N1CCCC(CCO)C1. The van der Waals surface area contributed by atoms with Crippen molar-refractivity contribution in [1.82, 2.24) is 14.7 Å². The predicted octanol–water partition coefficient (Wildman–Crippen LogP) is 1.05. The van der Waals surface area contributed by atoms with Crippen LogP contribution in [0.2, 0.25) is 0 Å². The number of likely N-dealkylation sites (tertiary alicyclic amines) is 1. The maximum atomic E-state index is 12.1. The highest BCUT2D eigenvalue weighted by atomic mass is 16.3. The van der Waals surface area contributed by atoms with Crippen LogP contribution in [0, 0.1) is 5.92 Å². The van der Waals surface area contributed by atoms with Crippen LogP contribution in [-0.4, -0.2) is 45.4 Å². The summed E-state index contributed by atoms with van der Waals surface area (Å²) in [6, 6.07) is 1.87. The minimum atomic E-state index is 0.0452. The molecule has 2 heterocycles. The van der Waals surface area contributed by atoms with Gasteiger partial charge in [-0.3, -0.25) is 9.48 Å². The molecule has 1 atom stereocenters. The molecule has 5 heteroatoms. The number of rotatable bonds is 4. The Labute approximate surface area is 113 Å². The van der Waals surface area contributed by atoms with E-state index in [1.165, 1.54) is 0 Å². The minimum absolute atomic E-state index is 0.0452. The Morgan fingerprint density at radius 1 is 1.63 bits per heavy atom. The number of carbonyl (C=O) groups is 1. The van der Waals surface area contributed by atoms with Gasteiger partial charge in [-0.15, -0.1) is 0 Å². The van der Waals surface area contributed by atoms with Gasteiger partial charge in [-0.2, -0.15) is 5.10 Å². The molecular weight excluding hydrogens is 242 g/mol. The van der Waals surface area contributed by atoms with E-state index in [2.05, 4.69) is 5.10 Å². The summed E-state index contributed by atoms with van der Waals surface area (Å²) < 4.78 is 1.73. The zero-order valence-electron chi connectivity index (χ0n) is 11.3. The lowest BCUT2D eigenvalue weighted by Gasteiger charge is -2.31. The van der Waals surface area contributed by atoms with E-state index in [1.807, 2.05) is 18.0 Å². The van der Waals surface area contributed by atoms with Crippen molar-refractivity contribution in [3.63, 3.8) is 0 Å². The molecule has 19 heavy (non-hydrogen) atoms. The van der Waals surface area contributed by atoms with E-state index in [0.717, 1.165) is 38.0 Å². The van der Waals surface area contributed by atoms with Gasteiger partial charge in [0.25, 0.3) is 0 Å². The highest BCUT2D eigenvalue weighted by Gasteiger charge is 2.21. The molecule has 1 unspecified atom stereocenters. The van der Waals surface area contributed by atoms with Crippen molar-refractivity contribution in [1.29, 1.82) is 0 Å². The van der Waals surface area contributed by atoms with Crippen molar-refractivity contribution in [2.75, 3.05) is 19.7 Å². The summed E-state index contributed by atoms with van der Waals surface area (Å²) in [5.74, 6) is 0.483. The summed E-state index contributed by atoms with van der Waals surface area (Å²) in [5, 5.41) is 13.0. The number of aliphatic hydroxyl groups excluding tert-OH is 1. The van der Waals surface area contributed by atoms with E-state index >= 15 is 0 Å². The van der Waals surface area contributed by atoms with Crippen LogP contribution >= 0.6 is 0 Å². The van der Waals surface area contributed by atoms with Gasteiger partial charge < -0.3 is 10.0 Å². The minimum Gasteiger partial charge on any atom is -0.396 e. The first-order valence-corrected chi connectivity index (χ1v) is 6.76. The van der Waals surface area contributed by atoms with Crippen molar-refractivity contribution in [2.24, 2.45) is 13.0 Å². The molecule has 0 saturated carbocycles. The Morgan fingerprint density at radius 3 is 3.16 bits per heavy atom. The fourth-order valence-electron chi connectivity index (χ4n) is 2.49. The standard InChI is InChI=1S/C14H21N3O2/c1-16-13(6-8-15-16)4-5-14(19)17-9-2-3-12(11-17)7-10-18/h4-6,8,12,18H,2-3,7,9-11H2,1H3. The van der Waals surface area contributed by atoms with E-state index < -0.39 is 0 Å². The number of carbonyl (C=O) groups excluding carboxylic acids is 1. The zero-order valence-corrected chi connectivity index (χ0v) is 11.3. The molecule has 1 fully saturated rings. The first-order chi connectivity index (χ1) is 9.20. The number of aliphatic hydroxyl groups is 1. The van der Waals surface area contributed by atoms with Crippen molar-refractivity contribution < 1.29 is 9.90 Å².